The lowest BCUT2D eigenvalue weighted by molar-refractivity contribution is -0.146. The van der Waals surface area contributed by atoms with E-state index in [9.17, 15) is 18.3 Å². The number of hydrogen-bond acceptors (Lipinski definition) is 4. The van der Waals surface area contributed by atoms with Crippen LogP contribution in [-0.2, 0) is 14.8 Å². The summed E-state index contributed by atoms with van der Waals surface area (Å²) in [4.78, 5) is 13.3. The van der Waals surface area contributed by atoms with Gasteiger partial charge in [0.05, 0.1) is 10.3 Å². The molecule has 1 saturated heterocycles. The van der Waals surface area contributed by atoms with Crippen LogP contribution >= 0.6 is 15.9 Å². The van der Waals surface area contributed by atoms with Crippen LogP contribution in [0.2, 0.25) is 0 Å². The molecule has 0 saturated carbocycles. The summed E-state index contributed by atoms with van der Waals surface area (Å²) in [5.74, 6) is -0.966. The monoisotopic (exact) mass is 390 g/mol. The Labute approximate surface area is 138 Å². The third-order valence-electron chi connectivity index (χ3n) is 4.00. The van der Waals surface area contributed by atoms with Crippen molar-refractivity contribution < 1.29 is 18.3 Å². The fourth-order valence-electron chi connectivity index (χ4n) is 2.41. The molecule has 1 heterocycles. The zero-order valence-corrected chi connectivity index (χ0v) is 15.1. The van der Waals surface area contributed by atoms with Crippen LogP contribution in [-0.4, -0.2) is 51.0 Å². The highest BCUT2D eigenvalue weighted by atomic mass is 79.9. The Morgan fingerprint density at radius 2 is 2.05 bits per heavy atom. The molecule has 0 amide bonds. The van der Waals surface area contributed by atoms with Crippen LogP contribution in [0.1, 0.15) is 13.3 Å². The summed E-state index contributed by atoms with van der Waals surface area (Å²) >= 11 is 3.28. The van der Waals surface area contributed by atoms with Gasteiger partial charge in [0.1, 0.15) is 0 Å². The molecule has 1 aliphatic rings. The van der Waals surface area contributed by atoms with Crippen molar-refractivity contribution in [2.45, 2.75) is 18.2 Å². The molecule has 2 rings (SSSR count). The van der Waals surface area contributed by atoms with Gasteiger partial charge < -0.3 is 10.0 Å². The molecule has 0 aromatic heterocycles. The summed E-state index contributed by atoms with van der Waals surface area (Å²) in [7, 11) is -0.0728. The van der Waals surface area contributed by atoms with E-state index >= 15 is 0 Å². The van der Waals surface area contributed by atoms with Gasteiger partial charge in [0.2, 0.25) is 10.0 Å². The molecule has 122 valence electrons. The van der Waals surface area contributed by atoms with Gasteiger partial charge >= 0.3 is 5.97 Å². The molecule has 1 N–H and O–H groups in total. The number of nitrogens with zero attached hydrogens (tertiary/aromatic N) is 2. The number of carboxylic acid groups (broad SMARTS) is 1. The molecule has 1 aromatic carbocycles. The molecule has 0 radical (unpaired) electrons. The molecule has 1 unspecified atom stereocenters. The molecule has 6 nitrogen and oxygen atoms in total. The van der Waals surface area contributed by atoms with Crippen LogP contribution in [0.3, 0.4) is 0 Å². The van der Waals surface area contributed by atoms with Crippen molar-refractivity contribution in [1.29, 1.82) is 0 Å². The lowest BCUT2D eigenvalue weighted by atomic mass is 9.90. The SMILES string of the molecule is CN(C)c1ccc(Br)c(S(=O)(=O)N2CCC(C)(C(=O)O)C2)c1. The summed E-state index contributed by atoms with van der Waals surface area (Å²) in [6, 6.07) is 5.10. The van der Waals surface area contributed by atoms with E-state index in [1.165, 1.54) is 4.31 Å². The highest BCUT2D eigenvalue weighted by Gasteiger charge is 2.45. The second-order valence-electron chi connectivity index (χ2n) is 5.96. The van der Waals surface area contributed by atoms with Crippen molar-refractivity contribution in [3.63, 3.8) is 0 Å². The fraction of sp³-hybridized carbons (Fsp3) is 0.500. The molecule has 1 aromatic rings. The molecule has 8 heteroatoms. The van der Waals surface area contributed by atoms with Gasteiger partial charge in [-0.05, 0) is 47.5 Å². The van der Waals surface area contributed by atoms with E-state index in [1.807, 2.05) is 25.1 Å². The second kappa shape index (κ2) is 5.82. The average molecular weight is 391 g/mol. The van der Waals surface area contributed by atoms with Crippen LogP contribution < -0.4 is 4.90 Å². The van der Waals surface area contributed by atoms with Crippen molar-refractivity contribution in [3.05, 3.63) is 22.7 Å². The first-order valence-corrected chi connectivity index (χ1v) is 9.02. The Bertz CT molecular complexity index is 705. The fourth-order valence-corrected chi connectivity index (χ4v) is 4.91. The van der Waals surface area contributed by atoms with Crippen molar-refractivity contribution in [2.24, 2.45) is 5.41 Å². The zero-order valence-electron chi connectivity index (χ0n) is 12.7. The molecule has 1 fully saturated rings. The standard InChI is InChI=1S/C14H19BrN2O4S/c1-14(13(18)19)6-7-17(9-14)22(20,21)12-8-10(16(2)3)4-5-11(12)15/h4-5,8H,6-7,9H2,1-3H3,(H,18,19). The van der Waals surface area contributed by atoms with Gasteiger partial charge in [0.15, 0.2) is 0 Å². The Kier molecular flexibility index (Phi) is 4.56. The quantitative estimate of drug-likeness (QED) is 0.850. The van der Waals surface area contributed by atoms with E-state index in [4.69, 9.17) is 0 Å². The van der Waals surface area contributed by atoms with Crippen LogP contribution in [0.5, 0.6) is 0 Å². The summed E-state index contributed by atoms with van der Waals surface area (Å²) in [5.41, 5.74) is -0.263. The molecule has 1 atom stereocenters. The van der Waals surface area contributed by atoms with E-state index in [0.29, 0.717) is 10.9 Å². The first-order chi connectivity index (χ1) is 10.1. The first kappa shape index (κ1) is 17.2. The minimum absolute atomic E-state index is 0.0106. The normalized spacial score (nSPS) is 22.7. The number of carboxylic acids is 1. The molecule has 1 aliphatic heterocycles. The van der Waals surface area contributed by atoms with E-state index in [0.717, 1.165) is 5.69 Å². The predicted molar refractivity (Wildman–Crippen MR) is 87.6 cm³/mol. The summed E-state index contributed by atoms with van der Waals surface area (Å²) in [6.07, 6.45) is 0.312. The van der Waals surface area contributed by atoms with Crippen LogP contribution in [0.25, 0.3) is 0 Å². The maximum Gasteiger partial charge on any atom is 0.310 e. The number of hydrogen-bond donors (Lipinski definition) is 1. The molecule has 0 aliphatic carbocycles. The lowest BCUT2D eigenvalue weighted by Crippen LogP contribution is -2.35. The maximum atomic E-state index is 12.8. The summed E-state index contributed by atoms with van der Waals surface area (Å²) in [5, 5.41) is 9.26. The first-order valence-electron chi connectivity index (χ1n) is 6.78. The van der Waals surface area contributed by atoms with Crippen LogP contribution in [0.15, 0.2) is 27.6 Å². The van der Waals surface area contributed by atoms with Crippen molar-refractivity contribution in [1.82, 2.24) is 4.31 Å². The van der Waals surface area contributed by atoms with Gasteiger partial charge in [-0.15, -0.1) is 0 Å². The summed E-state index contributed by atoms with van der Waals surface area (Å²) < 4.78 is 27.4. The Morgan fingerprint density at radius 1 is 1.41 bits per heavy atom. The van der Waals surface area contributed by atoms with E-state index in [-0.39, 0.29) is 18.0 Å². The zero-order chi connectivity index (χ0) is 16.7. The van der Waals surface area contributed by atoms with Gasteiger partial charge in [-0.25, -0.2) is 8.42 Å². The van der Waals surface area contributed by atoms with Gasteiger partial charge in [-0.3, -0.25) is 4.79 Å². The van der Waals surface area contributed by atoms with E-state index in [2.05, 4.69) is 15.9 Å². The Morgan fingerprint density at radius 3 is 2.55 bits per heavy atom. The van der Waals surface area contributed by atoms with Gasteiger partial charge in [0, 0.05) is 37.3 Å². The second-order valence-corrected chi connectivity index (χ2v) is 8.72. The minimum Gasteiger partial charge on any atom is -0.481 e. The number of anilines is 1. The maximum absolute atomic E-state index is 12.8. The third-order valence-corrected chi connectivity index (χ3v) is 6.84. The molecule has 0 bridgehead atoms. The number of sulfonamides is 1. The van der Waals surface area contributed by atoms with E-state index in [1.54, 1.807) is 19.1 Å². The van der Waals surface area contributed by atoms with Crippen LogP contribution in [0.4, 0.5) is 5.69 Å². The van der Waals surface area contributed by atoms with Gasteiger partial charge in [-0.2, -0.15) is 4.31 Å². The van der Waals surface area contributed by atoms with Crippen molar-refractivity contribution in [3.8, 4) is 0 Å². The van der Waals surface area contributed by atoms with Crippen LogP contribution in [0, 0.1) is 5.41 Å². The van der Waals surface area contributed by atoms with E-state index < -0.39 is 21.4 Å². The predicted octanol–water partition coefficient (Wildman–Crippen LogP) is 2.00. The Balaban J connectivity index is 2.40. The number of carbonyl (C=O) groups is 1. The topological polar surface area (TPSA) is 77.9 Å². The molecular formula is C14H19BrN2O4S. The number of halogens is 1. The van der Waals surface area contributed by atoms with Gasteiger partial charge in [0.25, 0.3) is 0 Å². The highest BCUT2D eigenvalue weighted by molar-refractivity contribution is 9.10. The number of aliphatic carboxylic acids is 1. The van der Waals surface area contributed by atoms with Gasteiger partial charge in [-0.1, -0.05) is 0 Å². The number of benzene rings is 1. The number of rotatable bonds is 4. The minimum atomic E-state index is -3.73. The van der Waals surface area contributed by atoms with Crippen molar-refractivity contribution in [2.75, 3.05) is 32.1 Å². The molecule has 0 spiro atoms. The van der Waals surface area contributed by atoms with Crippen molar-refractivity contribution >= 4 is 37.6 Å². The lowest BCUT2D eigenvalue weighted by Gasteiger charge is -2.21. The molecule has 22 heavy (non-hydrogen) atoms. The highest BCUT2D eigenvalue weighted by Crippen LogP contribution is 2.36. The summed E-state index contributed by atoms with van der Waals surface area (Å²) in [6.45, 7) is 1.78. The average Bonchev–Trinajstić information content (AvgIpc) is 2.83. The largest absolute Gasteiger partial charge is 0.481 e. The smallest absolute Gasteiger partial charge is 0.310 e. The molecular weight excluding hydrogens is 372 g/mol. The Hall–Kier alpha value is -1.12. The third kappa shape index (κ3) is 3.00.